The minimum atomic E-state index is -0.119. The summed E-state index contributed by atoms with van der Waals surface area (Å²) in [5, 5.41) is 0. The molecule has 0 aliphatic carbocycles. The molecule has 1 spiro atoms. The van der Waals surface area contributed by atoms with Crippen molar-refractivity contribution in [2.75, 3.05) is 26.3 Å². The summed E-state index contributed by atoms with van der Waals surface area (Å²) in [6.45, 7) is 7.28. The van der Waals surface area contributed by atoms with Gasteiger partial charge in [0, 0.05) is 19.2 Å². The molecule has 1 aromatic rings. The number of nitrogens with zero attached hydrogens (tertiary/aromatic N) is 2. The zero-order valence-corrected chi connectivity index (χ0v) is 14.7. The summed E-state index contributed by atoms with van der Waals surface area (Å²) in [5.74, 6) is 2.13. The van der Waals surface area contributed by atoms with Gasteiger partial charge < -0.3 is 14.4 Å². The molecule has 2 aliphatic heterocycles. The molecular formula is C19H28N2O3. The van der Waals surface area contributed by atoms with Gasteiger partial charge in [0.1, 0.15) is 11.4 Å². The zero-order chi connectivity index (χ0) is 17.0. The lowest BCUT2D eigenvalue weighted by Crippen LogP contribution is -2.66. The SMILES string of the molecule is CC(C)CCC(=O)N1CC2(C1)OCC[C@H]2CCOc1cccnc1. The highest BCUT2D eigenvalue weighted by atomic mass is 16.5. The van der Waals surface area contributed by atoms with Crippen LogP contribution in [0.4, 0.5) is 0 Å². The Hall–Kier alpha value is -1.62. The maximum Gasteiger partial charge on any atom is 0.222 e. The third-order valence-corrected chi connectivity index (χ3v) is 5.17. The molecule has 1 atom stereocenters. The molecule has 0 aromatic carbocycles. The van der Waals surface area contributed by atoms with Crippen LogP contribution in [0.5, 0.6) is 5.75 Å². The van der Waals surface area contributed by atoms with Gasteiger partial charge in [-0.1, -0.05) is 13.8 Å². The van der Waals surface area contributed by atoms with Crippen molar-refractivity contribution < 1.29 is 14.3 Å². The van der Waals surface area contributed by atoms with Gasteiger partial charge in [-0.05, 0) is 43.2 Å². The van der Waals surface area contributed by atoms with E-state index in [4.69, 9.17) is 9.47 Å². The lowest BCUT2D eigenvalue weighted by Gasteiger charge is -2.50. The number of ether oxygens (including phenoxy) is 2. The first-order valence-corrected chi connectivity index (χ1v) is 9.03. The molecule has 2 fully saturated rings. The fraction of sp³-hybridized carbons (Fsp3) is 0.684. The Morgan fingerprint density at radius 2 is 2.33 bits per heavy atom. The third kappa shape index (κ3) is 3.89. The Balaban J connectivity index is 1.44. The lowest BCUT2D eigenvalue weighted by molar-refractivity contribution is -0.166. The van der Waals surface area contributed by atoms with E-state index in [-0.39, 0.29) is 11.5 Å². The van der Waals surface area contributed by atoms with E-state index in [1.165, 1.54) is 0 Å². The molecule has 24 heavy (non-hydrogen) atoms. The molecule has 132 valence electrons. The van der Waals surface area contributed by atoms with Gasteiger partial charge in [-0.25, -0.2) is 0 Å². The first kappa shape index (κ1) is 17.2. The van der Waals surface area contributed by atoms with Gasteiger partial charge in [0.15, 0.2) is 0 Å². The molecule has 3 rings (SSSR count). The molecule has 2 saturated heterocycles. The molecule has 1 amide bonds. The Morgan fingerprint density at radius 3 is 3.04 bits per heavy atom. The molecule has 0 unspecified atom stereocenters. The Kier molecular flexibility index (Phi) is 5.39. The van der Waals surface area contributed by atoms with E-state index in [1.807, 2.05) is 17.0 Å². The molecule has 0 N–H and O–H groups in total. The van der Waals surface area contributed by atoms with Gasteiger partial charge >= 0.3 is 0 Å². The Morgan fingerprint density at radius 1 is 1.50 bits per heavy atom. The summed E-state index contributed by atoms with van der Waals surface area (Å²) in [6, 6.07) is 3.80. The molecule has 5 heteroatoms. The van der Waals surface area contributed by atoms with E-state index in [0.29, 0.717) is 24.9 Å². The predicted octanol–water partition coefficient (Wildman–Crippen LogP) is 2.90. The van der Waals surface area contributed by atoms with Crippen molar-refractivity contribution in [1.29, 1.82) is 0 Å². The van der Waals surface area contributed by atoms with Gasteiger partial charge in [0.05, 0.1) is 25.9 Å². The highest BCUT2D eigenvalue weighted by Crippen LogP contribution is 2.42. The number of carbonyl (C=O) groups excluding carboxylic acids is 1. The number of carbonyl (C=O) groups is 1. The van der Waals surface area contributed by atoms with E-state index < -0.39 is 0 Å². The summed E-state index contributed by atoms with van der Waals surface area (Å²) >= 11 is 0. The van der Waals surface area contributed by atoms with Crippen LogP contribution in [0.2, 0.25) is 0 Å². The van der Waals surface area contributed by atoms with Crippen LogP contribution in [0, 0.1) is 11.8 Å². The smallest absolute Gasteiger partial charge is 0.222 e. The summed E-state index contributed by atoms with van der Waals surface area (Å²) < 4.78 is 11.8. The van der Waals surface area contributed by atoms with Gasteiger partial charge in [0.25, 0.3) is 0 Å². The van der Waals surface area contributed by atoms with Crippen molar-refractivity contribution in [3.8, 4) is 5.75 Å². The second-order valence-corrected chi connectivity index (χ2v) is 7.41. The number of pyridine rings is 1. The Bertz CT molecular complexity index is 541. The van der Waals surface area contributed by atoms with E-state index in [0.717, 1.165) is 44.7 Å². The second-order valence-electron chi connectivity index (χ2n) is 7.41. The second kappa shape index (κ2) is 7.51. The van der Waals surface area contributed by atoms with Crippen LogP contribution in [0.15, 0.2) is 24.5 Å². The van der Waals surface area contributed by atoms with Gasteiger partial charge in [0.2, 0.25) is 5.91 Å². The van der Waals surface area contributed by atoms with Crippen LogP contribution >= 0.6 is 0 Å². The number of likely N-dealkylation sites (tertiary alicyclic amines) is 1. The number of amides is 1. The van der Waals surface area contributed by atoms with Gasteiger partial charge in [-0.2, -0.15) is 0 Å². The number of rotatable bonds is 7. The van der Waals surface area contributed by atoms with Crippen molar-refractivity contribution in [2.45, 2.75) is 45.1 Å². The molecule has 1 aromatic heterocycles. The molecule has 5 nitrogen and oxygen atoms in total. The van der Waals surface area contributed by atoms with Crippen molar-refractivity contribution in [2.24, 2.45) is 11.8 Å². The van der Waals surface area contributed by atoms with Crippen molar-refractivity contribution >= 4 is 5.91 Å². The van der Waals surface area contributed by atoms with E-state index in [1.54, 1.807) is 12.4 Å². The Labute approximate surface area is 144 Å². The van der Waals surface area contributed by atoms with Crippen LogP contribution in [-0.2, 0) is 9.53 Å². The van der Waals surface area contributed by atoms with Crippen LogP contribution < -0.4 is 4.74 Å². The first-order valence-electron chi connectivity index (χ1n) is 9.03. The minimum Gasteiger partial charge on any atom is -0.492 e. The fourth-order valence-electron chi connectivity index (χ4n) is 3.64. The summed E-state index contributed by atoms with van der Waals surface area (Å²) in [5.41, 5.74) is -0.119. The monoisotopic (exact) mass is 332 g/mol. The normalized spacial score (nSPS) is 22.0. The summed E-state index contributed by atoms with van der Waals surface area (Å²) in [6.07, 6.45) is 7.12. The summed E-state index contributed by atoms with van der Waals surface area (Å²) in [7, 11) is 0. The van der Waals surface area contributed by atoms with Crippen LogP contribution in [0.25, 0.3) is 0 Å². The van der Waals surface area contributed by atoms with Crippen LogP contribution in [0.3, 0.4) is 0 Å². The average Bonchev–Trinajstić information content (AvgIpc) is 2.96. The third-order valence-electron chi connectivity index (χ3n) is 5.17. The molecule has 0 saturated carbocycles. The molecule has 0 radical (unpaired) electrons. The minimum absolute atomic E-state index is 0.119. The first-order chi connectivity index (χ1) is 11.6. The molecular weight excluding hydrogens is 304 g/mol. The molecule has 2 aliphatic rings. The highest BCUT2D eigenvalue weighted by Gasteiger charge is 2.53. The predicted molar refractivity (Wildman–Crippen MR) is 91.8 cm³/mol. The summed E-state index contributed by atoms with van der Waals surface area (Å²) in [4.78, 5) is 18.2. The average molecular weight is 332 g/mol. The van der Waals surface area contributed by atoms with E-state index in [2.05, 4.69) is 18.8 Å². The van der Waals surface area contributed by atoms with E-state index >= 15 is 0 Å². The maximum atomic E-state index is 12.2. The van der Waals surface area contributed by atoms with Gasteiger partial charge in [-0.15, -0.1) is 0 Å². The standard InChI is InChI=1S/C19H28N2O3/c1-15(2)5-6-18(22)21-13-19(14-21)16(8-11-24-19)7-10-23-17-4-3-9-20-12-17/h3-4,9,12,15-16H,5-8,10-11,13-14H2,1-2H3/t16-/m1/s1. The largest absolute Gasteiger partial charge is 0.492 e. The van der Waals surface area contributed by atoms with Crippen molar-refractivity contribution in [1.82, 2.24) is 9.88 Å². The number of hydrogen-bond donors (Lipinski definition) is 0. The topological polar surface area (TPSA) is 51.7 Å². The molecule has 0 bridgehead atoms. The van der Waals surface area contributed by atoms with E-state index in [9.17, 15) is 4.79 Å². The van der Waals surface area contributed by atoms with Gasteiger partial charge in [-0.3, -0.25) is 9.78 Å². The zero-order valence-electron chi connectivity index (χ0n) is 14.7. The molecule has 3 heterocycles. The van der Waals surface area contributed by atoms with Crippen LogP contribution in [0.1, 0.15) is 39.5 Å². The lowest BCUT2D eigenvalue weighted by atomic mass is 9.79. The van der Waals surface area contributed by atoms with Crippen molar-refractivity contribution in [3.63, 3.8) is 0 Å². The number of aromatic nitrogens is 1. The quantitative estimate of drug-likeness (QED) is 0.770. The highest BCUT2D eigenvalue weighted by molar-refractivity contribution is 5.77. The van der Waals surface area contributed by atoms with Crippen LogP contribution in [-0.4, -0.2) is 47.7 Å². The fourth-order valence-corrected chi connectivity index (χ4v) is 3.64. The maximum absolute atomic E-state index is 12.2. The van der Waals surface area contributed by atoms with Crippen molar-refractivity contribution in [3.05, 3.63) is 24.5 Å². The number of hydrogen-bond acceptors (Lipinski definition) is 4.